The highest BCUT2D eigenvalue weighted by Gasteiger charge is 2.18. The second-order valence-corrected chi connectivity index (χ2v) is 9.67. The number of hydrogen-bond donors (Lipinski definition) is 0. The zero-order valence-corrected chi connectivity index (χ0v) is 20.9. The maximum atomic E-state index is 12.1. The molecule has 0 N–H and O–H groups in total. The molecule has 0 radical (unpaired) electrons. The summed E-state index contributed by atoms with van der Waals surface area (Å²) in [5, 5.41) is 9.69. The Balaban J connectivity index is 1.65. The third-order valence-corrected chi connectivity index (χ3v) is 7.50. The fourth-order valence-corrected chi connectivity index (χ4v) is 5.73. The fraction of sp³-hybridized carbons (Fsp3) is 0.0278. The summed E-state index contributed by atoms with van der Waals surface area (Å²) in [6, 6.07) is 44.8. The van der Waals surface area contributed by atoms with E-state index in [0.717, 1.165) is 5.56 Å². The number of esters is 1. The van der Waals surface area contributed by atoms with Crippen LogP contribution in [0.5, 0.6) is 0 Å². The molecular formula is C36H24O2. The molecule has 38 heavy (non-hydrogen) atoms. The van der Waals surface area contributed by atoms with E-state index in [1.54, 1.807) is 0 Å². The predicted octanol–water partition coefficient (Wildman–Crippen LogP) is 9.42. The average molecular weight is 489 g/mol. The van der Waals surface area contributed by atoms with Gasteiger partial charge in [-0.15, -0.1) is 0 Å². The van der Waals surface area contributed by atoms with Crippen LogP contribution in [0.3, 0.4) is 0 Å². The lowest BCUT2D eigenvalue weighted by Crippen LogP contribution is -2.00. The molecule has 0 atom stereocenters. The Bertz CT molecular complexity index is 2000. The Morgan fingerprint density at radius 1 is 0.474 bits per heavy atom. The van der Waals surface area contributed by atoms with Gasteiger partial charge >= 0.3 is 5.97 Å². The van der Waals surface area contributed by atoms with E-state index in [1.807, 2.05) is 24.3 Å². The number of hydrogen-bond acceptors (Lipinski definition) is 2. The minimum Gasteiger partial charge on any atom is -0.465 e. The lowest BCUT2D eigenvalue weighted by Gasteiger charge is -2.19. The third-order valence-electron chi connectivity index (χ3n) is 7.50. The first-order valence-corrected chi connectivity index (χ1v) is 12.8. The van der Waals surface area contributed by atoms with Crippen molar-refractivity contribution in [3.63, 3.8) is 0 Å². The molecule has 7 aromatic carbocycles. The predicted molar refractivity (Wildman–Crippen MR) is 159 cm³/mol. The first kappa shape index (κ1) is 22.3. The zero-order valence-electron chi connectivity index (χ0n) is 20.9. The Kier molecular flexibility index (Phi) is 5.19. The van der Waals surface area contributed by atoms with Crippen LogP contribution in [0.15, 0.2) is 127 Å². The highest BCUT2D eigenvalue weighted by atomic mass is 16.5. The third kappa shape index (κ3) is 3.54. The maximum absolute atomic E-state index is 12.1. The number of ether oxygens (including phenoxy) is 1. The van der Waals surface area contributed by atoms with Gasteiger partial charge in [0.15, 0.2) is 0 Å². The smallest absolute Gasteiger partial charge is 0.337 e. The summed E-state index contributed by atoms with van der Waals surface area (Å²) in [7, 11) is 1.41. The molecule has 2 heteroatoms. The number of methoxy groups -OCH3 is 1. The molecule has 0 unspecified atom stereocenters. The second kappa shape index (κ2) is 8.86. The van der Waals surface area contributed by atoms with Crippen LogP contribution >= 0.6 is 0 Å². The SMILES string of the molecule is COC(=O)c1ccc(-c2c3ccccc3c(-c3ccccc3)c3cc4cc5ccccc5cc4cc23)cc1. The molecule has 2 nitrogen and oxygen atoms in total. The average Bonchev–Trinajstić information content (AvgIpc) is 2.98. The van der Waals surface area contributed by atoms with Gasteiger partial charge in [0.1, 0.15) is 0 Å². The maximum Gasteiger partial charge on any atom is 0.337 e. The summed E-state index contributed by atoms with van der Waals surface area (Å²) >= 11 is 0. The summed E-state index contributed by atoms with van der Waals surface area (Å²) in [6.07, 6.45) is 0. The van der Waals surface area contributed by atoms with Crippen molar-refractivity contribution in [3.05, 3.63) is 133 Å². The molecule has 0 aromatic heterocycles. The van der Waals surface area contributed by atoms with E-state index in [0.29, 0.717) is 5.56 Å². The number of carbonyl (C=O) groups is 1. The molecule has 0 bridgehead atoms. The largest absolute Gasteiger partial charge is 0.465 e. The van der Waals surface area contributed by atoms with Crippen LogP contribution in [-0.4, -0.2) is 13.1 Å². The molecule has 0 saturated heterocycles. The summed E-state index contributed by atoms with van der Waals surface area (Å²) in [4.78, 5) is 12.1. The highest BCUT2D eigenvalue weighted by Crippen LogP contribution is 2.45. The van der Waals surface area contributed by atoms with Crippen LogP contribution in [0.2, 0.25) is 0 Å². The van der Waals surface area contributed by atoms with Gasteiger partial charge in [0.05, 0.1) is 12.7 Å². The van der Waals surface area contributed by atoms with Crippen molar-refractivity contribution in [2.45, 2.75) is 0 Å². The van der Waals surface area contributed by atoms with Gasteiger partial charge in [-0.05, 0) is 102 Å². The van der Waals surface area contributed by atoms with Crippen molar-refractivity contribution >= 4 is 49.1 Å². The number of fused-ring (bicyclic) bond motifs is 4. The number of carbonyl (C=O) groups excluding carboxylic acids is 1. The molecule has 0 aliphatic heterocycles. The van der Waals surface area contributed by atoms with E-state index in [-0.39, 0.29) is 5.97 Å². The molecule has 7 aromatic rings. The Morgan fingerprint density at radius 3 is 1.47 bits per heavy atom. The van der Waals surface area contributed by atoms with E-state index in [4.69, 9.17) is 4.74 Å². The lowest BCUT2D eigenvalue weighted by molar-refractivity contribution is 0.0601. The van der Waals surface area contributed by atoms with Crippen LogP contribution in [0.4, 0.5) is 0 Å². The Morgan fingerprint density at radius 2 is 0.947 bits per heavy atom. The summed E-state index contributed by atoms with van der Waals surface area (Å²) in [5.74, 6) is -0.330. The van der Waals surface area contributed by atoms with Gasteiger partial charge in [-0.1, -0.05) is 91.0 Å². The normalized spacial score (nSPS) is 11.4. The number of benzene rings is 7. The quantitative estimate of drug-likeness (QED) is 0.183. The van der Waals surface area contributed by atoms with Gasteiger partial charge in [-0.2, -0.15) is 0 Å². The standard InChI is InChI=1S/C36H24O2/c1-38-36(37)25-17-15-24(16-18-25)35-31-14-8-7-13-30(31)34(23-9-3-2-4-10-23)32-21-28-19-26-11-5-6-12-27(26)20-29(28)22-33(32)35/h2-22H,1H3. The topological polar surface area (TPSA) is 26.3 Å². The fourth-order valence-electron chi connectivity index (χ4n) is 5.73. The molecule has 180 valence electrons. The van der Waals surface area contributed by atoms with Gasteiger partial charge in [0, 0.05) is 0 Å². The first-order chi connectivity index (χ1) is 18.7. The van der Waals surface area contributed by atoms with Gasteiger partial charge in [-0.3, -0.25) is 0 Å². The molecule has 7 rings (SSSR count). The van der Waals surface area contributed by atoms with Crippen molar-refractivity contribution in [2.24, 2.45) is 0 Å². The van der Waals surface area contributed by atoms with Gasteiger partial charge in [0.25, 0.3) is 0 Å². The first-order valence-electron chi connectivity index (χ1n) is 12.8. The molecule has 0 heterocycles. The van der Waals surface area contributed by atoms with Crippen molar-refractivity contribution in [1.82, 2.24) is 0 Å². The molecule has 0 spiro atoms. The molecular weight excluding hydrogens is 464 g/mol. The molecule has 0 aliphatic carbocycles. The van der Waals surface area contributed by atoms with Crippen LogP contribution in [0, 0.1) is 0 Å². The van der Waals surface area contributed by atoms with Crippen molar-refractivity contribution < 1.29 is 9.53 Å². The molecule has 0 amide bonds. The number of rotatable bonds is 3. The highest BCUT2D eigenvalue weighted by molar-refractivity contribution is 6.24. The Hall–Kier alpha value is -4.95. The lowest BCUT2D eigenvalue weighted by atomic mass is 9.84. The van der Waals surface area contributed by atoms with Gasteiger partial charge in [-0.25, -0.2) is 4.79 Å². The molecule has 0 aliphatic rings. The molecule has 0 saturated carbocycles. The second-order valence-electron chi connectivity index (χ2n) is 9.67. The summed E-state index contributed by atoms with van der Waals surface area (Å²) < 4.78 is 4.93. The van der Waals surface area contributed by atoms with Gasteiger partial charge in [0.2, 0.25) is 0 Å². The Labute approximate surface area is 220 Å². The minimum absolute atomic E-state index is 0.330. The van der Waals surface area contributed by atoms with Crippen LogP contribution in [0.25, 0.3) is 65.3 Å². The van der Waals surface area contributed by atoms with Crippen LogP contribution in [0.1, 0.15) is 10.4 Å². The van der Waals surface area contributed by atoms with E-state index in [9.17, 15) is 4.79 Å². The van der Waals surface area contributed by atoms with Crippen LogP contribution in [-0.2, 0) is 4.74 Å². The van der Waals surface area contributed by atoms with Gasteiger partial charge < -0.3 is 4.74 Å². The van der Waals surface area contributed by atoms with Crippen LogP contribution < -0.4 is 0 Å². The van der Waals surface area contributed by atoms with Crippen molar-refractivity contribution in [2.75, 3.05) is 7.11 Å². The minimum atomic E-state index is -0.330. The van der Waals surface area contributed by atoms with E-state index in [2.05, 4.69) is 103 Å². The van der Waals surface area contributed by atoms with E-state index >= 15 is 0 Å². The zero-order chi connectivity index (χ0) is 25.6. The molecule has 0 fully saturated rings. The van der Waals surface area contributed by atoms with Crippen molar-refractivity contribution in [1.29, 1.82) is 0 Å². The van der Waals surface area contributed by atoms with E-state index in [1.165, 1.54) is 66.9 Å². The summed E-state index contributed by atoms with van der Waals surface area (Å²) in [6.45, 7) is 0. The monoisotopic (exact) mass is 488 g/mol. The summed E-state index contributed by atoms with van der Waals surface area (Å²) in [5.41, 5.74) is 5.21. The van der Waals surface area contributed by atoms with E-state index < -0.39 is 0 Å². The van der Waals surface area contributed by atoms with Crippen molar-refractivity contribution in [3.8, 4) is 22.3 Å².